The summed E-state index contributed by atoms with van der Waals surface area (Å²) in [5.41, 5.74) is 0. The van der Waals surface area contributed by atoms with Crippen LogP contribution in [0.2, 0.25) is 0 Å². The third-order valence-electron chi connectivity index (χ3n) is 3.17. The van der Waals surface area contributed by atoms with Crippen molar-refractivity contribution in [2.75, 3.05) is 31.6 Å². The fourth-order valence-corrected chi connectivity index (χ4v) is 2.97. The van der Waals surface area contributed by atoms with E-state index in [1.807, 2.05) is 0 Å². The Balaban J connectivity index is 2.40. The first-order valence-corrected chi connectivity index (χ1v) is 7.15. The topological polar surface area (TPSA) is 12.5 Å². The molecule has 2 unspecified atom stereocenters. The van der Waals surface area contributed by atoms with Gasteiger partial charge in [0, 0.05) is 31.6 Å². The molecular weight excluding hydrogens is 254 g/mol. The minimum absolute atomic E-state index is 0.399. The molecule has 1 saturated heterocycles. The largest absolute Gasteiger partial charge is 0.377 e. The fraction of sp³-hybridized carbons (Fsp3) is 1.00. The van der Waals surface area contributed by atoms with Gasteiger partial charge >= 0.3 is 0 Å². The Hall–Kier alpha value is 0.400. The van der Waals surface area contributed by atoms with Gasteiger partial charge in [0.1, 0.15) is 0 Å². The zero-order valence-electron chi connectivity index (χ0n) is 10.2. The maximum atomic E-state index is 5.66. The van der Waals surface area contributed by atoms with Crippen molar-refractivity contribution < 1.29 is 4.74 Å². The van der Waals surface area contributed by atoms with Crippen LogP contribution < -0.4 is 0 Å². The first-order chi connectivity index (χ1) is 7.13. The summed E-state index contributed by atoms with van der Waals surface area (Å²) >= 11 is 3.62. The first kappa shape index (κ1) is 13.5. The van der Waals surface area contributed by atoms with Crippen LogP contribution in [0.5, 0.6) is 0 Å². The second-order valence-electron chi connectivity index (χ2n) is 4.95. The number of nitrogens with zero attached hydrogens (tertiary/aromatic N) is 1. The van der Waals surface area contributed by atoms with E-state index < -0.39 is 0 Å². The molecule has 1 aliphatic heterocycles. The highest BCUT2D eigenvalue weighted by molar-refractivity contribution is 9.09. The lowest BCUT2D eigenvalue weighted by Crippen LogP contribution is -2.36. The molecule has 90 valence electrons. The lowest BCUT2D eigenvalue weighted by atomic mass is 9.97. The molecule has 0 aliphatic carbocycles. The predicted molar refractivity (Wildman–Crippen MR) is 68.6 cm³/mol. The smallest absolute Gasteiger partial charge is 0.0673 e. The van der Waals surface area contributed by atoms with Gasteiger partial charge in [-0.2, -0.15) is 0 Å². The highest BCUT2D eigenvalue weighted by Crippen LogP contribution is 2.17. The second kappa shape index (κ2) is 6.87. The summed E-state index contributed by atoms with van der Waals surface area (Å²) in [6.45, 7) is 11.2. The van der Waals surface area contributed by atoms with Crippen molar-refractivity contribution in [1.29, 1.82) is 0 Å². The van der Waals surface area contributed by atoms with Crippen molar-refractivity contribution >= 4 is 15.9 Å². The Kier molecular flexibility index (Phi) is 6.17. The zero-order valence-corrected chi connectivity index (χ0v) is 11.8. The fourth-order valence-electron chi connectivity index (χ4n) is 2.02. The van der Waals surface area contributed by atoms with Gasteiger partial charge in [0.2, 0.25) is 0 Å². The van der Waals surface area contributed by atoms with Gasteiger partial charge in [-0.15, -0.1) is 0 Å². The molecule has 0 amide bonds. The van der Waals surface area contributed by atoms with Crippen LogP contribution in [0.1, 0.15) is 27.2 Å². The quantitative estimate of drug-likeness (QED) is 0.733. The Morgan fingerprint density at radius 1 is 1.47 bits per heavy atom. The van der Waals surface area contributed by atoms with Crippen LogP contribution in [0.3, 0.4) is 0 Å². The SMILES string of the molecule is CC1CN(CC(CBr)C(C)C)CCCO1. The Bertz CT molecular complexity index is 175. The third kappa shape index (κ3) is 4.83. The molecule has 0 bridgehead atoms. The van der Waals surface area contributed by atoms with Gasteiger partial charge in [0.05, 0.1) is 6.10 Å². The summed E-state index contributed by atoms with van der Waals surface area (Å²) in [5.74, 6) is 1.51. The van der Waals surface area contributed by atoms with Crippen LogP contribution in [0, 0.1) is 11.8 Å². The number of ether oxygens (including phenoxy) is 1. The molecule has 2 nitrogen and oxygen atoms in total. The Morgan fingerprint density at radius 2 is 2.20 bits per heavy atom. The summed E-state index contributed by atoms with van der Waals surface area (Å²) < 4.78 is 5.66. The number of hydrogen-bond donors (Lipinski definition) is 0. The molecule has 0 saturated carbocycles. The molecule has 3 heteroatoms. The molecule has 2 atom stereocenters. The lowest BCUT2D eigenvalue weighted by Gasteiger charge is -2.28. The third-order valence-corrected chi connectivity index (χ3v) is 4.00. The standard InChI is InChI=1S/C12H24BrNO/c1-10(2)12(7-13)9-14-5-4-6-15-11(3)8-14/h10-12H,4-9H2,1-3H3. The van der Waals surface area contributed by atoms with Gasteiger partial charge < -0.3 is 9.64 Å². The van der Waals surface area contributed by atoms with E-state index in [2.05, 4.69) is 41.6 Å². The average molecular weight is 278 g/mol. The molecule has 1 aliphatic rings. The van der Waals surface area contributed by atoms with Gasteiger partial charge in [-0.1, -0.05) is 29.8 Å². The molecule has 0 spiro atoms. The molecule has 0 N–H and O–H groups in total. The van der Waals surface area contributed by atoms with Crippen LogP contribution in [-0.2, 0) is 4.74 Å². The maximum Gasteiger partial charge on any atom is 0.0673 e. The van der Waals surface area contributed by atoms with Gasteiger partial charge in [-0.25, -0.2) is 0 Å². The molecule has 0 radical (unpaired) electrons. The van der Waals surface area contributed by atoms with Gasteiger partial charge in [0.15, 0.2) is 0 Å². The van der Waals surface area contributed by atoms with E-state index in [1.54, 1.807) is 0 Å². The molecule has 1 heterocycles. The Labute approximate surface area is 102 Å². The lowest BCUT2D eigenvalue weighted by molar-refractivity contribution is 0.0649. The monoisotopic (exact) mass is 277 g/mol. The second-order valence-corrected chi connectivity index (χ2v) is 5.60. The highest BCUT2D eigenvalue weighted by atomic mass is 79.9. The van der Waals surface area contributed by atoms with E-state index in [9.17, 15) is 0 Å². The van der Waals surface area contributed by atoms with Crippen LogP contribution in [0.25, 0.3) is 0 Å². The first-order valence-electron chi connectivity index (χ1n) is 6.03. The highest BCUT2D eigenvalue weighted by Gasteiger charge is 2.20. The molecule has 15 heavy (non-hydrogen) atoms. The van der Waals surface area contributed by atoms with Crippen molar-refractivity contribution in [3.63, 3.8) is 0 Å². The number of halogens is 1. The van der Waals surface area contributed by atoms with Crippen molar-refractivity contribution in [3.8, 4) is 0 Å². The molecule has 0 aromatic heterocycles. The van der Waals surface area contributed by atoms with Gasteiger partial charge in [0.25, 0.3) is 0 Å². The molecular formula is C12H24BrNO. The summed E-state index contributed by atoms with van der Waals surface area (Å²) in [7, 11) is 0. The van der Waals surface area contributed by atoms with E-state index in [1.165, 1.54) is 19.5 Å². The van der Waals surface area contributed by atoms with Crippen molar-refractivity contribution in [3.05, 3.63) is 0 Å². The van der Waals surface area contributed by atoms with E-state index in [0.717, 1.165) is 30.3 Å². The van der Waals surface area contributed by atoms with Crippen LogP contribution >= 0.6 is 15.9 Å². The minimum atomic E-state index is 0.399. The summed E-state index contributed by atoms with van der Waals surface area (Å²) in [6, 6.07) is 0. The van der Waals surface area contributed by atoms with Crippen LogP contribution in [0.4, 0.5) is 0 Å². The van der Waals surface area contributed by atoms with E-state index in [0.29, 0.717) is 6.10 Å². The van der Waals surface area contributed by atoms with Gasteiger partial charge in [-0.05, 0) is 25.2 Å². The Morgan fingerprint density at radius 3 is 2.80 bits per heavy atom. The molecule has 0 aromatic rings. The van der Waals surface area contributed by atoms with Gasteiger partial charge in [-0.3, -0.25) is 0 Å². The van der Waals surface area contributed by atoms with E-state index in [-0.39, 0.29) is 0 Å². The van der Waals surface area contributed by atoms with Crippen molar-refractivity contribution in [1.82, 2.24) is 4.90 Å². The van der Waals surface area contributed by atoms with Crippen LogP contribution in [-0.4, -0.2) is 42.6 Å². The summed E-state index contributed by atoms with van der Waals surface area (Å²) in [6.07, 6.45) is 1.58. The van der Waals surface area contributed by atoms with E-state index >= 15 is 0 Å². The van der Waals surface area contributed by atoms with Crippen molar-refractivity contribution in [2.24, 2.45) is 11.8 Å². The van der Waals surface area contributed by atoms with Crippen LogP contribution in [0.15, 0.2) is 0 Å². The number of rotatable bonds is 4. The summed E-state index contributed by atoms with van der Waals surface area (Å²) in [4.78, 5) is 2.56. The molecule has 0 aromatic carbocycles. The van der Waals surface area contributed by atoms with Crippen molar-refractivity contribution in [2.45, 2.75) is 33.3 Å². The average Bonchev–Trinajstić information content (AvgIpc) is 2.38. The molecule has 1 fully saturated rings. The predicted octanol–water partition coefficient (Wildman–Crippen LogP) is 2.76. The zero-order chi connectivity index (χ0) is 11.3. The maximum absolute atomic E-state index is 5.66. The minimum Gasteiger partial charge on any atom is -0.377 e. The number of hydrogen-bond acceptors (Lipinski definition) is 2. The van der Waals surface area contributed by atoms with E-state index in [4.69, 9.17) is 4.74 Å². The normalized spacial score (nSPS) is 26.6. The molecule has 1 rings (SSSR count). The summed E-state index contributed by atoms with van der Waals surface area (Å²) in [5, 5.41) is 1.11. The number of alkyl halides is 1.